The summed E-state index contributed by atoms with van der Waals surface area (Å²) in [6.07, 6.45) is 3.75. The topological polar surface area (TPSA) is 108 Å². The van der Waals surface area contributed by atoms with E-state index < -0.39 is 63.0 Å². The van der Waals surface area contributed by atoms with Gasteiger partial charge in [0.1, 0.15) is 28.8 Å². The van der Waals surface area contributed by atoms with Crippen LogP contribution >= 0.6 is 11.6 Å². The van der Waals surface area contributed by atoms with Crippen LogP contribution in [0.1, 0.15) is 39.8 Å². The highest BCUT2D eigenvalue weighted by Crippen LogP contribution is 2.33. The Hall–Kier alpha value is -4.16. The zero-order valence-corrected chi connectivity index (χ0v) is 21.8. The SMILES string of the molecule is [2H]C([2H])(Oc1cc2n(c(=O)c1Cl)-c1c(cnc(-n3cccc(C(C)(C)O)c3=O)c1F)CCCO2)c1ncc(F)cc1F. The lowest BCUT2D eigenvalue weighted by molar-refractivity contribution is 0.0767. The Morgan fingerprint density at radius 2 is 1.98 bits per heavy atom. The van der Waals surface area contributed by atoms with Gasteiger partial charge in [-0.15, -0.1) is 0 Å². The summed E-state index contributed by atoms with van der Waals surface area (Å²) in [6.45, 7) is -0.162. The Balaban J connectivity index is 1.68. The number of rotatable bonds is 5. The maximum Gasteiger partial charge on any atom is 0.280 e. The van der Waals surface area contributed by atoms with E-state index >= 15 is 4.39 Å². The molecule has 0 spiro atoms. The Labute approximate surface area is 232 Å². The number of fused-ring (bicyclic) bond motifs is 3. The van der Waals surface area contributed by atoms with Crippen LogP contribution in [0, 0.1) is 17.5 Å². The minimum Gasteiger partial charge on any atom is -0.485 e. The van der Waals surface area contributed by atoms with Crippen LogP contribution < -0.4 is 20.6 Å². The second-order valence-electron chi connectivity index (χ2n) is 9.37. The first-order chi connectivity index (χ1) is 19.7. The Morgan fingerprint density at radius 3 is 2.70 bits per heavy atom. The maximum atomic E-state index is 16.3. The summed E-state index contributed by atoms with van der Waals surface area (Å²) in [5.41, 5.74) is -4.32. The molecule has 0 fully saturated rings. The summed E-state index contributed by atoms with van der Waals surface area (Å²) in [7, 11) is 0. The second kappa shape index (κ2) is 10.4. The summed E-state index contributed by atoms with van der Waals surface area (Å²) in [4.78, 5) is 34.3. The van der Waals surface area contributed by atoms with Crippen LogP contribution in [-0.2, 0) is 18.6 Å². The maximum absolute atomic E-state index is 16.3. The molecule has 0 saturated heterocycles. The summed E-state index contributed by atoms with van der Waals surface area (Å²) in [6, 6.07) is 4.27. The van der Waals surface area contributed by atoms with Crippen LogP contribution in [0.25, 0.3) is 11.5 Å². The molecule has 4 aromatic heterocycles. The summed E-state index contributed by atoms with van der Waals surface area (Å²) in [5, 5.41) is 9.68. The quantitative estimate of drug-likeness (QED) is 0.383. The minimum absolute atomic E-state index is 0.0231. The predicted molar refractivity (Wildman–Crippen MR) is 138 cm³/mol. The molecule has 1 aliphatic heterocycles. The van der Waals surface area contributed by atoms with Crippen molar-refractivity contribution < 1.29 is 30.5 Å². The Bertz CT molecular complexity index is 1840. The fourth-order valence-corrected chi connectivity index (χ4v) is 4.37. The molecule has 0 aromatic carbocycles. The highest BCUT2D eigenvalue weighted by Gasteiger charge is 2.28. The molecule has 4 aromatic rings. The molecule has 0 saturated carbocycles. The van der Waals surface area contributed by atoms with Crippen LogP contribution in [0.2, 0.25) is 5.02 Å². The number of aliphatic hydroxyl groups is 1. The molecule has 0 unspecified atom stereocenters. The highest BCUT2D eigenvalue weighted by molar-refractivity contribution is 6.31. The van der Waals surface area contributed by atoms with Crippen molar-refractivity contribution in [3.8, 4) is 23.1 Å². The molecule has 5 rings (SSSR count). The standard InChI is InChI=1S/C27H22ClF3N4O5/c1-27(2,38)16-6-3-7-34(25(16)36)24-22(31)23-14(11-33-24)5-4-8-39-20-10-19(21(28)26(37)35(20)23)40-13-18-17(30)9-15(29)12-32-18/h3,6-7,9-12,38H,4-5,8,13H2,1-2H3/i13D2. The molecule has 9 nitrogen and oxygen atoms in total. The number of hydrogen-bond acceptors (Lipinski definition) is 7. The van der Waals surface area contributed by atoms with Crippen LogP contribution in [-0.4, -0.2) is 30.8 Å². The van der Waals surface area contributed by atoms with Crippen molar-refractivity contribution in [2.24, 2.45) is 0 Å². The Morgan fingerprint density at radius 1 is 1.20 bits per heavy atom. The minimum atomic E-state index is -3.01. The van der Waals surface area contributed by atoms with E-state index in [-0.39, 0.29) is 35.7 Å². The molecule has 0 aliphatic carbocycles. The fourth-order valence-electron chi connectivity index (χ4n) is 4.19. The molecule has 208 valence electrons. The summed E-state index contributed by atoms with van der Waals surface area (Å²) in [5.74, 6) is -4.79. The van der Waals surface area contributed by atoms with Crippen molar-refractivity contribution in [3.63, 3.8) is 0 Å². The van der Waals surface area contributed by atoms with Crippen LogP contribution in [0.5, 0.6) is 11.6 Å². The van der Waals surface area contributed by atoms with Gasteiger partial charge in [0.2, 0.25) is 5.88 Å². The zero-order chi connectivity index (χ0) is 30.6. The third-order valence-electron chi connectivity index (χ3n) is 6.10. The van der Waals surface area contributed by atoms with E-state index in [4.69, 9.17) is 23.8 Å². The van der Waals surface area contributed by atoms with Gasteiger partial charge in [0, 0.05) is 30.1 Å². The molecule has 0 atom stereocenters. The van der Waals surface area contributed by atoms with Gasteiger partial charge in [-0.3, -0.25) is 19.1 Å². The largest absolute Gasteiger partial charge is 0.485 e. The number of pyridine rings is 4. The molecule has 1 N–H and O–H groups in total. The molecular formula is C27H22ClF3N4O5. The van der Waals surface area contributed by atoms with Crippen LogP contribution in [0.15, 0.2) is 52.4 Å². The average molecular weight is 577 g/mol. The zero-order valence-electron chi connectivity index (χ0n) is 23.0. The summed E-state index contributed by atoms with van der Waals surface area (Å²) >= 11 is 6.28. The van der Waals surface area contributed by atoms with Gasteiger partial charge in [0.25, 0.3) is 11.1 Å². The normalized spacial score (nSPS) is 14.2. The molecule has 0 radical (unpaired) electrons. The van der Waals surface area contributed by atoms with E-state index in [0.29, 0.717) is 18.7 Å². The van der Waals surface area contributed by atoms with Crippen molar-refractivity contribution in [3.05, 3.63) is 103 Å². The van der Waals surface area contributed by atoms with Gasteiger partial charge in [-0.2, -0.15) is 0 Å². The first kappa shape index (κ1) is 24.9. The van der Waals surface area contributed by atoms with Crippen molar-refractivity contribution in [1.29, 1.82) is 0 Å². The van der Waals surface area contributed by atoms with Gasteiger partial charge in [-0.25, -0.2) is 22.7 Å². The summed E-state index contributed by atoms with van der Waals surface area (Å²) < 4.78 is 72.8. The molecule has 40 heavy (non-hydrogen) atoms. The van der Waals surface area contributed by atoms with E-state index in [1.807, 2.05) is 0 Å². The smallest absolute Gasteiger partial charge is 0.280 e. The monoisotopic (exact) mass is 576 g/mol. The number of halogens is 4. The Kier molecular flexibility index (Phi) is 6.48. The molecule has 0 amide bonds. The van der Waals surface area contributed by atoms with Gasteiger partial charge >= 0.3 is 0 Å². The molecular weight excluding hydrogens is 553 g/mol. The van der Waals surface area contributed by atoms with Crippen LogP contribution in [0.3, 0.4) is 0 Å². The lowest BCUT2D eigenvalue weighted by Gasteiger charge is -2.23. The first-order valence-corrected chi connectivity index (χ1v) is 12.3. The van der Waals surface area contributed by atoms with Gasteiger partial charge in [0.05, 0.1) is 26.8 Å². The molecule has 0 bridgehead atoms. The first-order valence-electron chi connectivity index (χ1n) is 12.9. The number of aromatic nitrogens is 4. The fraction of sp³-hybridized carbons (Fsp3) is 0.259. The van der Waals surface area contributed by atoms with Crippen molar-refractivity contribution in [2.75, 3.05) is 6.61 Å². The van der Waals surface area contributed by atoms with Gasteiger partial charge in [-0.1, -0.05) is 11.6 Å². The van der Waals surface area contributed by atoms with Crippen LogP contribution in [0.4, 0.5) is 13.2 Å². The van der Waals surface area contributed by atoms with Crippen molar-refractivity contribution >= 4 is 11.6 Å². The third kappa shape index (κ3) is 4.95. The van der Waals surface area contributed by atoms with Gasteiger partial charge in [0.15, 0.2) is 17.5 Å². The number of aryl methyl sites for hydroxylation is 1. The van der Waals surface area contributed by atoms with Crippen molar-refractivity contribution in [1.82, 2.24) is 19.1 Å². The lowest BCUT2D eigenvalue weighted by Crippen LogP contribution is -2.32. The third-order valence-corrected chi connectivity index (χ3v) is 6.45. The molecule has 13 heteroatoms. The van der Waals surface area contributed by atoms with E-state index in [0.717, 1.165) is 15.2 Å². The lowest BCUT2D eigenvalue weighted by atomic mass is 10.0. The number of nitrogens with zero attached hydrogens (tertiary/aromatic N) is 4. The van der Waals surface area contributed by atoms with Gasteiger partial charge in [-0.05, 0) is 44.4 Å². The molecule has 5 heterocycles. The second-order valence-corrected chi connectivity index (χ2v) is 9.75. The van der Waals surface area contributed by atoms with Crippen molar-refractivity contribution in [2.45, 2.75) is 38.8 Å². The molecule has 1 aliphatic rings. The van der Waals surface area contributed by atoms with E-state index in [9.17, 15) is 23.5 Å². The van der Waals surface area contributed by atoms with Gasteiger partial charge < -0.3 is 14.6 Å². The number of ether oxygens (including phenoxy) is 2. The van der Waals surface area contributed by atoms with E-state index in [2.05, 4.69) is 9.97 Å². The van der Waals surface area contributed by atoms with E-state index in [1.54, 1.807) is 0 Å². The average Bonchev–Trinajstić information content (AvgIpc) is 2.88. The highest BCUT2D eigenvalue weighted by atomic mass is 35.5. The predicted octanol–water partition coefficient (Wildman–Crippen LogP) is 3.98. The van der Waals surface area contributed by atoms with E-state index in [1.165, 1.54) is 38.4 Å². The number of hydrogen-bond donors (Lipinski definition) is 1.